The van der Waals surface area contributed by atoms with Crippen LogP contribution in [-0.4, -0.2) is 29.7 Å². The van der Waals surface area contributed by atoms with Crippen LogP contribution in [0.5, 0.6) is 0 Å². The van der Waals surface area contributed by atoms with E-state index < -0.39 is 5.91 Å². The molecule has 1 aliphatic rings. The zero-order valence-electron chi connectivity index (χ0n) is 15.5. The fourth-order valence-corrected chi connectivity index (χ4v) is 2.93. The lowest BCUT2D eigenvalue weighted by atomic mass is 10.1. The molecule has 3 amide bonds. The summed E-state index contributed by atoms with van der Waals surface area (Å²) in [5.74, 6) is -1.15. The molecule has 0 saturated heterocycles. The van der Waals surface area contributed by atoms with Crippen LogP contribution in [-0.2, 0) is 0 Å². The lowest BCUT2D eigenvalue weighted by Crippen LogP contribution is -2.24. The molecule has 0 atom stereocenters. The van der Waals surface area contributed by atoms with E-state index in [0.29, 0.717) is 22.5 Å². The Morgan fingerprint density at radius 2 is 1.41 bits per heavy atom. The second kappa shape index (κ2) is 7.47. The molecule has 29 heavy (non-hydrogen) atoms. The zero-order chi connectivity index (χ0) is 20.4. The highest BCUT2D eigenvalue weighted by molar-refractivity contribution is 6.22. The summed E-state index contributed by atoms with van der Waals surface area (Å²) in [7, 11) is 1.42. The van der Waals surface area contributed by atoms with Crippen molar-refractivity contribution < 1.29 is 14.4 Å². The zero-order valence-corrected chi connectivity index (χ0v) is 15.5. The van der Waals surface area contributed by atoms with E-state index in [-0.39, 0.29) is 17.4 Å². The van der Waals surface area contributed by atoms with E-state index in [1.807, 2.05) is 30.3 Å². The van der Waals surface area contributed by atoms with Gasteiger partial charge in [0.15, 0.2) is 0 Å². The van der Waals surface area contributed by atoms with Crippen molar-refractivity contribution in [2.75, 3.05) is 12.4 Å². The molecule has 3 aromatic rings. The topological polar surface area (TPSA) is 91.2 Å². The first-order valence-corrected chi connectivity index (χ1v) is 8.87. The minimum atomic E-state index is -0.409. The van der Waals surface area contributed by atoms with Crippen LogP contribution in [0.2, 0.25) is 0 Å². The number of anilines is 1. The second-order valence-electron chi connectivity index (χ2n) is 6.47. The first-order chi connectivity index (χ1) is 14.0. The Balaban J connectivity index is 1.46. The third kappa shape index (κ3) is 3.66. The van der Waals surface area contributed by atoms with Crippen LogP contribution in [0.15, 0.2) is 83.0 Å². The van der Waals surface area contributed by atoms with Crippen LogP contribution in [0, 0.1) is 0 Å². The van der Waals surface area contributed by atoms with E-state index in [9.17, 15) is 14.4 Å². The van der Waals surface area contributed by atoms with Crippen LogP contribution < -0.4 is 5.32 Å². The molecule has 7 nitrogen and oxygen atoms in total. The van der Waals surface area contributed by atoms with Gasteiger partial charge in [0.1, 0.15) is 0 Å². The molecule has 1 N–H and O–H groups in total. The number of carbonyl (C=O) groups excluding carboxylic acids is 3. The predicted octanol–water partition coefficient (Wildman–Crippen LogP) is 4.58. The van der Waals surface area contributed by atoms with Crippen LogP contribution in [0.4, 0.5) is 17.1 Å². The average Bonchev–Trinajstić information content (AvgIpc) is 2.97. The summed E-state index contributed by atoms with van der Waals surface area (Å²) in [6, 6.07) is 20.8. The smallest absolute Gasteiger partial charge is 0.261 e. The van der Waals surface area contributed by atoms with Gasteiger partial charge in [0, 0.05) is 18.3 Å². The van der Waals surface area contributed by atoms with E-state index in [1.165, 1.54) is 25.2 Å². The molecule has 142 valence electrons. The number of carbonyl (C=O) groups is 3. The molecule has 0 aromatic heterocycles. The maximum Gasteiger partial charge on any atom is 0.261 e. The molecule has 7 heteroatoms. The van der Waals surface area contributed by atoms with Gasteiger partial charge in [0.25, 0.3) is 17.7 Å². The van der Waals surface area contributed by atoms with Crippen LogP contribution in [0.25, 0.3) is 0 Å². The van der Waals surface area contributed by atoms with E-state index in [2.05, 4.69) is 15.5 Å². The number of nitrogens with zero attached hydrogens (tertiary/aromatic N) is 3. The van der Waals surface area contributed by atoms with Crippen LogP contribution in [0.1, 0.15) is 31.1 Å². The quantitative estimate of drug-likeness (QED) is 0.527. The Hall–Kier alpha value is -4.13. The van der Waals surface area contributed by atoms with Crippen LogP contribution >= 0.6 is 0 Å². The molecule has 1 heterocycles. The van der Waals surface area contributed by atoms with Gasteiger partial charge in [0.2, 0.25) is 0 Å². The largest absolute Gasteiger partial charge is 0.322 e. The summed E-state index contributed by atoms with van der Waals surface area (Å²) in [4.78, 5) is 37.6. The molecular weight excluding hydrogens is 368 g/mol. The molecule has 0 spiro atoms. The molecule has 0 unspecified atom stereocenters. The Bertz CT molecular complexity index is 1140. The van der Waals surface area contributed by atoms with Gasteiger partial charge in [-0.2, -0.15) is 10.2 Å². The summed E-state index contributed by atoms with van der Waals surface area (Å²) >= 11 is 0. The van der Waals surface area contributed by atoms with Gasteiger partial charge in [-0.05, 0) is 54.6 Å². The number of nitrogens with one attached hydrogen (secondary N) is 1. The van der Waals surface area contributed by atoms with Gasteiger partial charge in [-0.15, -0.1) is 0 Å². The standard InChI is InChI=1S/C22H16N4O3/c1-26-21(28)18-12-7-14(13-19(18)22(26)29)20(27)23-15-8-10-17(11-9-15)25-24-16-5-3-2-4-6-16/h2-13H,1H3,(H,23,27). The summed E-state index contributed by atoms with van der Waals surface area (Å²) in [6.45, 7) is 0. The number of hydrogen-bond donors (Lipinski definition) is 1. The van der Waals surface area contributed by atoms with Crippen molar-refractivity contribution in [1.29, 1.82) is 0 Å². The number of benzene rings is 3. The monoisotopic (exact) mass is 384 g/mol. The molecule has 0 radical (unpaired) electrons. The van der Waals surface area contributed by atoms with E-state index in [1.54, 1.807) is 24.3 Å². The van der Waals surface area contributed by atoms with Crippen LogP contribution in [0.3, 0.4) is 0 Å². The maximum absolute atomic E-state index is 12.5. The third-order valence-corrected chi connectivity index (χ3v) is 4.51. The van der Waals surface area contributed by atoms with Gasteiger partial charge in [-0.3, -0.25) is 19.3 Å². The Labute approximate surface area is 166 Å². The summed E-state index contributed by atoms with van der Waals surface area (Å²) in [5.41, 5.74) is 2.82. The maximum atomic E-state index is 12.5. The van der Waals surface area contributed by atoms with E-state index >= 15 is 0 Å². The lowest BCUT2D eigenvalue weighted by molar-refractivity contribution is 0.0693. The summed E-state index contributed by atoms with van der Waals surface area (Å²) in [5, 5.41) is 11.1. The Kier molecular flexibility index (Phi) is 4.70. The lowest BCUT2D eigenvalue weighted by Gasteiger charge is -2.06. The molecule has 0 saturated carbocycles. The average molecular weight is 384 g/mol. The van der Waals surface area contributed by atoms with Gasteiger partial charge in [-0.1, -0.05) is 18.2 Å². The van der Waals surface area contributed by atoms with E-state index in [0.717, 1.165) is 10.6 Å². The normalized spacial score (nSPS) is 13.1. The highest BCUT2D eigenvalue weighted by Crippen LogP contribution is 2.24. The molecular formula is C22H16N4O3. The SMILES string of the molecule is CN1C(=O)c2ccc(C(=O)Nc3ccc(N=Nc4ccccc4)cc3)cc2C1=O. The van der Waals surface area contributed by atoms with Crippen molar-refractivity contribution in [3.63, 3.8) is 0 Å². The van der Waals surface area contributed by atoms with Crippen molar-refractivity contribution in [2.45, 2.75) is 0 Å². The first kappa shape index (κ1) is 18.2. The van der Waals surface area contributed by atoms with Crippen molar-refractivity contribution in [1.82, 2.24) is 4.90 Å². The Morgan fingerprint density at radius 1 is 0.793 bits per heavy atom. The van der Waals surface area contributed by atoms with Gasteiger partial charge in [0.05, 0.1) is 22.5 Å². The van der Waals surface area contributed by atoms with Gasteiger partial charge >= 0.3 is 0 Å². The molecule has 3 aromatic carbocycles. The number of azo groups is 1. The molecule has 0 bridgehead atoms. The molecule has 0 fully saturated rings. The van der Waals surface area contributed by atoms with Gasteiger partial charge in [-0.25, -0.2) is 0 Å². The number of imide groups is 1. The van der Waals surface area contributed by atoms with Crippen molar-refractivity contribution in [3.8, 4) is 0 Å². The van der Waals surface area contributed by atoms with Crippen molar-refractivity contribution >= 4 is 34.8 Å². The first-order valence-electron chi connectivity index (χ1n) is 8.87. The highest BCUT2D eigenvalue weighted by atomic mass is 16.2. The number of amides is 3. The Morgan fingerprint density at radius 3 is 2.10 bits per heavy atom. The fourth-order valence-electron chi connectivity index (χ4n) is 2.93. The molecule has 4 rings (SSSR count). The number of hydrogen-bond acceptors (Lipinski definition) is 5. The number of rotatable bonds is 4. The molecule has 0 aliphatic carbocycles. The third-order valence-electron chi connectivity index (χ3n) is 4.51. The van der Waals surface area contributed by atoms with E-state index in [4.69, 9.17) is 0 Å². The summed E-state index contributed by atoms with van der Waals surface area (Å²) in [6.07, 6.45) is 0. The predicted molar refractivity (Wildman–Crippen MR) is 108 cm³/mol. The minimum Gasteiger partial charge on any atom is -0.322 e. The van der Waals surface area contributed by atoms with Crippen molar-refractivity contribution in [3.05, 3.63) is 89.5 Å². The number of fused-ring (bicyclic) bond motifs is 1. The second-order valence-corrected chi connectivity index (χ2v) is 6.47. The van der Waals surface area contributed by atoms with Crippen molar-refractivity contribution in [2.24, 2.45) is 10.2 Å². The minimum absolute atomic E-state index is 0.238. The summed E-state index contributed by atoms with van der Waals surface area (Å²) < 4.78 is 0. The highest BCUT2D eigenvalue weighted by Gasteiger charge is 2.33. The molecule has 1 aliphatic heterocycles. The van der Waals surface area contributed by atoms with Gasteiger partial charge < -0.3 is 5.32 Å². The fraction of sp³-hybridized carbons (Fsp3) is 0.0455.